The number of imidazole rings is 1. The van der Waals surface area contributed by atoms with E-state index in [-0.39, 0.29) is 0 Å². The summed E-state index contributed by atoms with van der Waals surface area (Å²) in [5.41, 5.74) is 3.82. The minimum Gasteiger partial charge on any atom is -0.326 e. The van der Waals surface area contributed by atoms with Crippen LogP contribution in [0.25, 0.3) is 11.4 Å². The van der Waals surface area contributed by atoms with Gasteiger partial charge in [0.2, 0.25) is 0 Å². The van der Waals surface area contributed by atoms with Gasteiger partial charge in [0, 0.05) is 25.2 Å². The Hall–Kier alpha value is -1.91. The Morgan fingerprint density at radius 1 is 0.862 bits per heavy atom. The summed E-state index contributed by atoms with van der Waals surface area (Å²) in [7, 11) is 0. The molecule has 2 aromatic carbocycles. The van der Waals surface area contributed by atoms with Crippen LogP contribution in [0.4, 0.5) is 0 Å². The highest BCUT2D eigenvalue weighted by molar-refractivity contribution is 9.10. The lowest BCUT2D eigenvalue weighted by atomic mass is 10.2. The normalized spacial score (nSPS) is 11.3. The number of nitrogens with zero attached hydrogens (tertiary/aromatic N) is 3. The fourth-order valence-corrected chi connectivity index (χ4v) is 4.13. The van der Waals surface area contributed by atoms with Crippen molar-refractivity contribution in [2.75, 3.05) is 6.54 Å². The van der Waals surface area contributed by atoms with Crippen LogP contribution in [-0.4, -0.2) is 21.0 Å². The SMILES string of the molecule is CCCCN(Cc1ccccc1)Cc1c(Br)nc(-c2ccccc2)n1CCCC. The standard InChI is InChI=1S/C25H32BrN3/c1-3-5-17-28(19-21-13-9-7-10-14-21)20-23-24(26)27-25(29(23)18-6-4-2)22-15-11-8-12-16-22/h7-16H,3-6,17-20H2,1-2H3. The number of unbranched alkanes of at least 4 members (excludes halogenated alkanes) is 2. The highest BCUT2D eigenvalue weighted by Gasteiger charge is 2.19. The van der Waals surface area contributed by atoms with Gasteiger partial charge in [-0.15, -0.1) is 0 Å². The molecule has 154 valence electrons. The number of hydrogen-bond donors (Lipinski definition) is 0. The molecule has 0 bridgehead atoms. The molecule has 3 aromatic rings. The summed E-state index contributed by atoms with van der Waals surface area (Å²) in [4.78, 5) is 7.48. The van der Waals surface area contributed by atoms with Gasteiger partial charge < -0.3 is 4.57 Å². The van der Waals surface area contributed by atoms with Crippen molar-refractivity contribution in [1.29, 1.82) is 0 Å². The van der Waals surface area contributed by atoms with Crippen molar-refractivity contribution in [3.8, 4) is 11.4 Å². The van der Waals surface area contributed by atoms with Crippen molar-refractivity contribution in [3.63, 3.8) is 0 Å². The average molecular weight is 454 g/mol. The van der Waals surface area contributed by atoms with Crippen LogP contribution in [0.5, 0.6) is 0 Å². The van der Waals surface area contributed by atoms with E-state index in [1.165, 1.54) is 36.1 Å². The molecule has 29 heavy (non-hydrogen) atoms. The molecular formula is C25H32BrN3. The monoisotopic (exact) mass is 453 g/mol. The van der Waals surface area contributed by atoms with Crippen molar-refractivity contribution in [3.05, 3.63) is 76.5 Å². The fourth-order valence-electron chi connectivity index (χ4n) is 3.62. The molecule has 0 saturated heterocycles. The lowest BCUT2D eigenvalue weighted by Gasteiger charge is -2.23. The number of aromatic nitrogens is 2. The maximum Gasteiger partial charge on any atom is 0.141 e. The van der Waals surface area contributed by atoms with Gasteiger partial charge in [0.1, 0.15) is 10.4 Å². The molecule has 0 unspecified atom stereocenters. The topological polar surface area (TPSA) is 21.1 Å². The molecule has 3 rings (SSSR count). The zero-order valence-corrected chi connectivity index (χ0v) is 19.2. The summed E-state index contributed by atoms with van der Waals surface area (Å²) in [6.45, 7) is 8.47. The van der Waals surface area contributed by atoms with Gasteiger partial charge in [0.05, 0.1) is 5.69 Å². The van der Waals surface area contributed by atoms with E-state index in [0.29, 0.717) is 0 Å². The van der Waals surface area contributed by atoms with Gasteiger partial charge in [0.25, 0.3) is 0 Å². The molecule has 0 aliphatic heterocycles. The minimum atomic E-state index is 0.902. The van der Waals surface area contributed by atoms with E-state index in [4.69, 9.17) is 4.98 Å². The fraction of sp³-hybridized carbons (Fsp3) is 0.400. The zero-order valence-electron chi connectivity index (χ0n) is 17.6. The highest BCUT2D eigenvalue weighted by atomic mass is 79.9. The maximum atomic E-state index is 4.93. The molecule has 0 spiro atoms. The van der Waals surface area contributed by atoms with E-state index in [1.54, 1.807) is 0 Å². The average Bonchev–Trinajstić information content (AvgIpc) is 3.07. The van der Waals surface area contributed by atoms with Crippen molar-refractivity contribution in [1.82, 2.24) is 14.5 Å². The van der Waals surface area contributed by atoms with Gasteiger partial charge in [-0.05, 0) is 40.9 Å². The first-order valence-corrected chi connectivity index (χ1v) is 11.6. The molecule has 0 fully saturated rings. The number of rotatable bonds is 11. The molecule has 0 atom stereocenters. The lowest BCUT2D eigenvalue weighted by molar-refractivity contribution is 0.245. The summed E-state index contributed by atoms with van der Waals surface area (Å²) >= 11 is 3.78. The van der Waals surface area contributed by atoms with Crippen LogP contribution in [0.2, 0.25) is 0 Å². The van der Waals surface area contributed by atoms with Gasteiger partial charge in [-0.1, -0.05) is 87.4 Å². The van der Waals surface area contributed by atoms with Gasteiger partial charge >= 0.3 is 0 Å². The molecule has 0 amide bonds. The van der Waals surface area contributed by atoms with E-state index in [9.17, 15) is 0 Å². The Labute approximate surface area is 183 Å². The maximum absolute atomic E-state index is 4.93. The van der Waals surface area contributed by atoms with Crippen LogP contribution in [0.3, 0.4) is 0 Å². The molecule has 0 radical (unpaired) electrons. The van der Waals surface area contributed by atoms with Crippen LogP contribution < -0.4 is 0 Å². The van der Waals surface area contributed by atoms with Gasteiger partial charge in [0.15, 0.2) is 0 Å². The van der Waals surface area contributed by atoms with Crippen molar-refractivity contribution >= 4 is 15.9 Å². The quantitative estimate of drug-likeness (QED) is 0.314. The van der Waals surface area contributed by atoms with Gasteiger partial charge in [-0.2, -0.15) is 0 Å². The number of benzene rings is 2. The Bertz CT molecular complexity index is 859. The van der Waals surface area contributed by atoms with E-state index in [1.807, 2.05) is 0 Å². The molecule has 4 heteroatoms. The lowest BCUT2D eigenvalue weighted by Crippen LogP contribution is -2.25. The summed E-state index contributed by atoms with van der Waals surface area (Å²) in [6.07, 6.45) is 4.74. The number of hydrogen-bond acceptors (Lipinski definition) is 2. The van der Waals surface area contributed by atoms with Crippen LogP contribution in [0.1, 0.15) is 50.8 Å². The van der Waals surface area contributed by atoms with E-state index >= 15 is 0 Å². The molecule has 3 nitrogen and oxygen atoms in total. The summed E-state index contributed by atoms with van der Waals surface area (Å²) in [6, 6.07) is 21.3. The minimum absolute atomic E-state index is 0.902. The van der Waals surface area contributed by atoms with Crippen molar-refractivity contribution in [2.45, 2.75) is 59.2 Å². The van der Waals surface area contributed by atoms with Crippen LogP contribution in [-0.2, 0) is 19.6 Å². The van der Waals surface area contributed by atoms with Gasteiger partial charge in [-0.3, -0.25) is 4.90 Å². The second kappa shape index (κ2) is 11.3. The molecule has 0 aliphatic rings. The smallest absolute Gasteiger partial charge is 0.141 e. The second-order valence-electron chi connectivity index (χ2n) is 7.59. The third-order valence-electron chi connectivity index (χ3n) is 5.24. The summed E-state index contributed by atoms with van der Waals surface area (Å²) in [5.74, 6) is 1.07. The first-order chi connectivity index (χ1) is 14.2. The molecule has 1 aromatic heterocycles. The Morgan fingerprint density at radius 2 is 1.52 bits per heavy atom. The summed E-state index contributed by atoms with van der Waals surface area (Å²) < 4.78 is 3.40. The number of halogens is 1. The first kappa shape index (κ1) is 21.8. The van der Waals surface area contributed by atoms with E-state index in [2.05, 4.69) is 99.9 Å². The molecule has 0 saturated carbocycles. The van der Waals surface area contributed by atoms with E-state index < -0.39 is 0 Å². The second-order valence-corrected chi connectivity index (χ2v) is 8.35. The van der Waals surface area contributed by atoms with Crippen LogP contribution in [0, 0.1) is 0 Å². The third kappa shape index (κ3) is 6.03. The molecule has 0 aliphatic carbocycles. The van der Waals surface area contributed by atoms with Crippen LogP contribution >= 0.6 is 15.9 Å². The van der Waals surface area contributed by atoms with Crippen molar-refractivity contribution in [2.24, 2.45) is 0 Å². The largest absolute Gasteiger partial charge is 0.326 e. The van der Waals surface area contributed by atoms with Gasteiger partial charge in [-0.25, -0.2) is 4.98 Å². The zero-order chi connectivity index (χ0) is 20.5. The predicted molar refractivity (Wildman–Crippen MR) is 126 cm³/mol. The Balaban J connectivity index is 1.90. The molecular weight excluding hydrogens is 422 g/mol. The molecule has 1 heterocycles. The van der Waals surface area contributed by atoms with E-state index in [0.717, 1.165) is 43.0 Å². The third-order valence-corrected chi connectivity index (χ3v) is 5.88. The van der Waals surface area contributed by atoms with Crippen molar-refractivity contribution < 1.29 is 0 Å². The summed E-state index contributed by atoms with van der Waals surface area (Å²) in [5, 5.41) is 0. The highest BCUT2D eigenvalue weighted by Crippen LogP contribution is 2.28. The van der Waals surface area contributed by atoms with Crippen LogP contribution in [0.15, 0.2) is 65.3 Å². The first-order valence-electron chi connectivity index (χ1n) is 10.8. The Kier molecular flexibility index (Phi) is 8.51. The predicted octanol–water partition coefficient (Wildman–Crippen LogP) is 6.92. The Morgan fingerprint density at radius 3 is 2.17 bits per heavy atom. The molecule has 0 N–H and O–H groups in total.